The van der Waals surface area contributed by atoms with E-state index in [0.717, 1.165) is 23.3 Å². The van der Waals surface area contributed by atoms with Crippen LogP contribution in [0.15, 0.2) is 18.2 Å². The van der Waals surface area contributed by atoms with Crippen LogP contribution in [-0.4, -0.2) is 4.98 Å². The second-order valence-electron chi connectivity index (χ2n) is 4.12. The van der Waals surface area contributed by atoms with E-state index in [0.29, 0.717) is 0 Å². The quantitative estimate of drug-likeness (QED) is 0.598. The average molecular weight is 215 g/mol. The summed E-state index contributed by atoms with van der Waals surface area (Å²) in [6.45, 7) is 6.32. The zero-order valence-electron chi connectivity index (χ0n) is 9.96. The lowest BCUT2D eigenvalue weighted by molar-refractivity contribution is 1.10. The maximum Gasteiger partial charge on any atom is 0.143 e. The SMILES string of the molecule is CCc1cc2cc(C)c(C)cc2nc1NN. The van der Waals surface area contributed by atoms with Gasteiger partial charge >= 0.3 is 0 Å². The van der Waals surface area contributed by atoms with Gasteiger partial charge in [0.05, 0.1) is 5.52 Å². The molecule has 0 fully saturated rings. The van der Waals surface area contributed by atoms with Crippen molar-refractivity contribution in [3.05, 3.63) is 34.9 Å². The molecule has 0 aliphatic rings. The summed E-state index contributed by atoms with van der Waals surface area (Å²) in [7, 11) is 0. The van der Waals surface area contributed by atoms with Crippen molar-refractivity contribution in [3.63, 3.8) is 0 Å². The van der Waals surface area contributed by atoms with Gasteiger partial charge in [-0.3, -0.25) is 0 Å². The number of nitrogen functional groups attached to an aromatic ring is 1. The first-order valence-electron chi connectivity index (χ1n) is 5.53. The van der Waals surface area contributed by atoms with Crippen molar-refractivity contribution >= 4 is 16.7 Å². The summed E-state index contributed by atoms with van der Waals surface area (Å²) in [5, 5.41) is 1.18. The third-order valence-corrected chi connectivity index (χ3v) is 3.03. The van der Waals surface area contributed by atoms with Crippen LogP contribution in [0, 0.1) is 13.8 Å². The van der Waals surface area contributed by atoms with E-state index in [1.54, 1.807) is 0 Å². The molecule has 2 aromatic rings. The molecule has 1 heterocycles. The van der Waals surface area contributed by atoms with Gasteiger partial charge in [0.25, 0.3) is 0 Å². The molecule has 3 nitrogen and oxygen atoms in total. The zero-order valence-corrected chi connectivity index (χ0v) is 9.96. The van der Waals surface area contributed by atoms with Crippen LogP contribution < -0.4 is 11.3 Å². The lowest BCUT2D eigenvalue weighted by atomic mass is 10.0. The van der Waals surface area contributed by atoms with Crippen LogP contribution in [0.1, 0.15) is 23.6 Å². The highest BCUT2D eigenvalue weighted by molar-refractivity contribution is 5.83. The van der Waals surface area contributed by atoms with E-state index in [9.17, 15) is 0 Å². The number of rotatable bonds is 2. The molecule has 3 heteroatoms. The van der Waals surface area contributed by atoms with E-state index >= 15 is 0 Å². The number of anilines is 1. The lowest BCUT2D eigenvalue weighted by Gasteiger charge is -2.09. The van der Waals surface area contributed by atoms with E-state index < -0.39 is 0 Å². The van der Waals surface area contributed by atoms with Crippen molar-refractivity contribution in [1.29, 1.82) is 0 Å². The summed E-state index contributed by atoms with van der Waals surface area (Å²) in [5.41, 5.74) is 7.36. The third kappa shape index (κ3) is 1.74. The van der Waals surface area contributed by atoms with Crippen molar-refractivity contribution in [3.8, 4) is 0 Å². The van der Waals surface area contributed by atoms with Gasteiger partial charge < -0.3 is 5.43 Å². The van der Waals surface area contributed by atoms with Gasteiger partial charge in [0.15, 0.2) is 0 Å². The molecule has 0 radical (unpaired) electrons. The smallest absolute Gasteiger partial charge is 0.143 e. The van der Waals surface area contributed by atoms with Crippen LogP contribution in [0.5, 0.6) is 0 Å². The van der Waals surface area contributed by atoms with Crippen LogP contribution in [0.3, 0.4) is 0 Å². The predicted octanol–water partition coefficient (Wildman–Crippen LogP) is 2.70. The topological polar surface area (TPSA) is 50.9 Å². The first kappa shape index (κ1) is 10.9. The average Bonchev–Trinajstić information content (AvgIpc) is 2.29. The number of hydrazine groups is 1. The van der Waals surface area contributed by atoms with Crippen LogP contribution in [-0.2, 0) is 6.42 Å². The van der Waals surface area contributed by atoms with Crippen molar-refractivity contribution in [2.75, 3.05) is 5.43 Å². The minimum absolute atomic E-state index is 0.776. The Morgan fingerprint density at radius 1 is 1.19 bits per heavy atom. The Labute approximate surface area is 95.7 Å². The van der Waals surface area contributed by atoms with Crippen molar-refractivity contribution < 1.29 is 0 Å². The summed E-state index contributed by atoms with van der Waals surface area (Å²) in [4.78, 5) is 4.53. The molecule has 0 spiro atoms. The molecule has 84 valence electrons. The molecule has 0 aliphatic heterocycles. The second kappa shape index (κ2) is 4.10. The Morgan fingerprint density at radius 3 is 2.50 bits per heavy atom. The molecule has 1 aromatic carbocycles. The number of aryl methyl sites for hydroxylation is 3. The Hall–Kier alpha value is -1.61. The minimum Gasteiger partial charge on any atom is -0.308 e. The highest BCUT2D eigenvalue weighted by atomic mass is 15.2. The maximum absolute atomic E-state index is 5.47. The molecule has 0 saturated heterocycles. The number of benzene rings is 1. The first-order chi connectivity index (χ1) is 7.65. The Balaban J connectivity index is 2.73. The van der Waals surface area contributed by atoms with Gasteiger partial charge in [0, 0.05) is 5.39 Å². The number of hydrogen-bond donors (Lipinski definition) is 2. The standard InChI is InChI=1S/C13H17N3/c1-4-10-7-11-5-8(2)9(3)6-12(11)15-13(10)16-14/h5-7H,4,14H2,1-3H3,(H,15,16). The minimum atomic E-state index is 0.776. The zero-order chi connectivity index (χ0) is 11.7. The monoisotopic (exact) mass is 215 g/mol. The highest BCUT2D eigenvalue weighted by Gasteiger charge is 2.05. The fraction of sp³-hybridized carbons (Fsp3) is 0.308. The summed E-state index contributed by atoms with van der Waals surface area (Å²) in [6, 6.07) is 6.44. The van der Waals surface area contributed by atoms with Crippen LogP contribution in [0.2, 0.25) is 0 Å². The number of nitrogens with one attached hydrogen (secondary N) is 1. The van der Waals surface area contributed by atoms with Crippen LogP contribution >= 0.6 is 0 Å². The number of nitrogens with zero attached hydrogens (tertiary/aromatic N) is 1. The largest absolute Gasteiger partial charge is 0.308 e. The molecule has 1 aromatic heterocycles. The van der Waals surface area contributed by atoms with E-state index in [4.69, 9.17) is 5.84 Å². The molecule has 0 atom stereocenters. The Bertz CT molecular complexity index is 484. The molecule has 0 amide bonds. The Kier molecular flexibility index (Phi) is 2.79. The van der Waals surface area contributed by atoms with Gasteiger partial charge in [-0.05, 0) is 55.2 Å². The van der Waals surface area contributed by atoms with Crippen molar-refractivity contribution in [2.45, 2.75) is 27.2 Å². The summed E-state index contributed by atoms with van der Waals surface area (Å²) < 4.78 is 0. The molecular weight excluding hydrogens is 198 g/mol. The van der Waals surface area contributed by atoms with E-state index in [-0.39, 0.29) is 0 Å². The number of pyridine rings is 1. The highest BCUT2D eigenvalue weighted by Crippen LogP contribution is 2.23. The van der Waals surface area contributed by atoms with E-state index in [1.807, 2.05) is 0 Å². The number of hydrogen-bond acceptors (Lipinski definition) is 3. The van der Waals surface area contributed by atoms with Crippen LogP contribution in [0.4, 0.5) is 5.82 Å². The summed E-state index contributed by atoms with van der Waals surface area (Å²) in [5.74, 6) is 6.25. The van der Waals surface area contributed by atoms with Crippen molar-refractivity contribution in [1.82, 2.24) is 4.98 Å². The lowest BCUT2D eigenvalue weighted by Crippen LogP contribution is -2.11. The molecule has 3 N–H and O–H groups in total. The number of fused-ring (bicyclic) bond motifs is 1. The number of nitrogens with two attached hydrogens (primary N) is 1. The second-order valence-corrected chi connectivity index (χ2v) is 4.12. The third-order valence-electron chi connectivity index (χ3n) is 3.03. The van der Waals surface area contributed by atoms with Gasteiger partial charge in [-0.15, -0.1) is 0 Å². The maximum atomic E-state index is 5.47. The number of aromatic nitrogens is 1. The molecular formula is C13H17N3. The van der Waals surface area contributed by atoms with Gasteiger partial charge in [0.2, 0.25) is 0 Å². The molecule has 16 heavy (non-hydrogen) atoms. The van der Waals surface area contributed by atoms with Gasteiger partial charge in [-0.2, -0.15) is 0 Å². The van der Waals surface area contributed by atoms with Gasteiger partial charge in [-0.25, -0.2) is 10.8 Å². The Morgan fingerprint density at radius 2 is 1.88 bits per heavy atom. The normalized spacial score (nSPS) is 10.8. The predicted molar refractivity (Wildman–Crippen MR) is 68.4 cm³/mol. The van der Waals surface area contributed by atoms with Gasteiger partial charge in [0.1, 0.15) is 5.82 Å². The molecule has 0 unspecified atom stereocenters. The fourth-order valence-electron chi connectivity index (χ4n) is 1.88. The molecule has 2 rings (SSSR count). The van der Waals surface area contributed by atoms with Crippen LogP contribution in [0.25, 0.3) is 10.9 Å². The summed E-state index contributed by atoms with van der Waals surface area (Å²) >= 11 is 0. The van der Waals surface area contributed by atoms with Crippen molar-refractivity contribution in [2.24, 2.45) is 5.84 Å². The molecule has 0 bridgehead atoms. The van der Waals surface area contributed by atoms with Gasteiger partial charge in [-0.1, -0.05) is 6.92 Å². The van der Waals surface area contributed by atoms with E-state index in [1.165, 1.54) is 16.5 Å². The van der Waals surface area contributed by atoms with E-state index in [2.05, 4.69) is 49.4 Å². The molecule has 0 saturated carbocycles. The summed E-state index contributed by atoms with van der Waals surface area (Å²) in [6.07, 6.45) is 0.926. The first-order valence-corrected chi connectivity index (χ1v) is 5.53. The fourth-order valence-corrected chi connectivity index (χ4v) is 1.88. The molecule has 0 aliphatic carbocycles.